The van der Waals surface area contributed by atoms with Crippen molar-refractivity contribution in [3.8, 4) is 0 Å². The van der Waals surface area contributed by atoms with Gasteiger partial charge in [-0.2, -0.15) is 0 Å². The number of aliphatic hydroxyl groups is 2. The molecule has 0 aliphatic heterocycles. The smallest absolute Gasteiger partial charge is 0.102 e. The topological polar surface area (TPSA) is 66.5 Å². The van der Waals surface area contributed by atoms with E-state index >= 15 is 0 Å². The van der Waals surface area contributed by atoms with E-state index in [0.717, 1.165) is 11.1 Å². The van der Waals surface area contributed by atoms with Crippen LogP contribution in [0, 0.1) is 0 Å². The summed E-state index contributed by atoms with van der Waals surface area (Å²) in [6, 6.07) is 7.33. The van der Waals surface area contributed by atoms with Crippen molar-refractivity contribution in [2.45, 2.75) is 6.10 Å². The van der Waals surface area contributed by atoms with E-state index in [9.17, 15) is 5.11 Å². The molecule has 0 amide bonds. The van der Waals surface area contributed by atoms with Gasteiger partial charge in [0.15, 0.2) is 0 Å². The molecule has 76 valence electrons. The van der Waals surface area contributed by atoms with Gasteiger partial charge < -0.3 is 15.9 Å². The SMILES string of the molecule is NC/C=C/c1ccc(C(O)CO)cc1. The summed E-state index contributed by atoms with van der Waals surface area (Å²) < 4.78 is 0. The molecule has 0 aliphatic carbocycles. The molecule has 1 aromatic carbocycles. The third-order valence-electron chi connectivity index (χ3n) is 1.94. The molecule has 0 aliphatic rings. The molecular weight excluding hydrogens is 178 g/mol. The molecule has 4 N–H and O–H groups in total. The first-order chi connectivity index (χ1) is 6.77. The highest BCUT2D eigenvalue weighted by Crippen LogP contribution is 2.13. The largest absolute Gasteiger partial charge is 0.393 e. The van der Waals surface area contributed by atoms with Crippen molar-refractivity contribution in [1.29, 1.82) is 0 Å². The predicted octanol–water partition coefficient (Wildman–Crippen LogP) is 0.684. The van der Waals surface area contributed by atoms with Crippen LogP contribution in [0.25, 0.3) is 6.08 Å². The Kier molecular flexibility index (Phi) is 4.32. The second-order valence-corrected chi connectivity index (χ2v) is 3.00. The summed E-state index contributed by atoms with van der Waals surface area (Å²) in [6.45, 7) is 0.263. The van der Waals surface area contributed by atoms with Crippen molar-refractivity contribution in [2.75, 3.05) is 13.2 Å². The van der Waals surface area contributed by atoms with Crippen molar-refractivity contribution >= 4 is 6.08 Å². The van der Waals surface area contributed by atoms with E-state index < -0.39 is 6.10 Å². The Morgan fingerprint density at radius 1 is 1.29 bits per heavy atom. The van der Waals surface area contributed by atoms with Crippen molar-refractivity contribution in [3.63, 3.8) is 0 Å². The molecule has 0 bridgehead atoms. The minimum absolute atomic E-state index is 0.252. The third kappa shape index (κ3) is 2.96. The average Bonchev–Trinajstić information content (AvgIpc) is 2.26. The Bertz CT molecular complexity index is 293. The fourth-order valence-corrected chi connectivity index (χ4v) is 1.14. The first-order valence-corrected chi connectivity index (χ1v) is 4.53. The third-order valence-corrected chi connectivity index (χ3v) is 1.94. The number of nitrogens with two attached hydrogens (primary N) is 1. The van der Waals surface area contributed by atoms with Crippen LogP contribution in [0.3, 0.4) is 0 Å². The van der Waals surface area contributed by atoms with Gasteiger partial charge in [0, 0.05) is 6.54 Å². The summed E-state index contributed by atoms with van der Waals surface area (Å²) in [5.74, 6) is 0. The van der Waals surface area contributed by atoms with Crippen molar-refractivity contribution < 1.29 is 10.2 Å². The lowest BCUT2D eigenvalue weighted by molar-refractivity contribution is 0.0956. The normalized spacial score (nSPS) is 13.4. The van der Waals surface area contributed by atoms with Crippen LogP contribution in [-0.2, 0) is 0 Å². The molecule has 0 aromatic heterocycles. The van der Waals surface area contributed by atoms with Crippen molar-refractivity contribution in [2.24, 2.45) is 5.73 Å². The average molecular weight is 193 g/mol. The molecule has 1 rings (SSSR count). The second-order valence-electron chi connectivity index (χ2n) is 3.00. The van der Waals surface area contributed by atoms with Crippen LogP contribution in [0.5, 0.6) is 0 Å². The molecule has 1 aromatic rings. The minimum atomic E-state index is -0.789. The van der Waals surface area contributed by atoms with E-state index in [0.29, 0.717) is 6.54 Å². The highest BCUT2D eigenvalue weighted by atomic mass is 16.3. The summed E-state index contributed by atoms with van der Waals surface area (Å²) in [4.78, 5) is 0. The summed E-state index contributed by atoms with van der Waals surface area (Å²) in [6.07, 6.45) is 2.98. The van der Waals surface area contributed by atoms with Gasteiger partial charge in [0.2, 0.25) is 0 Å². The van der Waals surface area contributed by atoms with E-state index in [4.69, 9.17) is 10.8 Å². The molecule has 1 atom stereocenters. The van der Waals surface area contributed by atoms with Crippen LogP contribution in [0.15, 0.2) is 30.3 Å². The molecule has 0 saturated heterocycles. The van der Waals surface area contributed by atoms with Gasteiger partial charge in [0.1, 0.15) is 6.10 Å². The molecule has 3 heteroatoms. The number of rotatable bonds is 4. The minimum Gasteiger partial charge on any atom is -0.393 e. The van der Waals surface area contributed by atoms with Crippen LogP contribution < -0.4 is 5.73 Å². The quantitative estimate of drug-likeness (QED) is 0.659. The number of aliphatic hydroxyl groups excluding tert-OH is 2. The van der Waals surface area contributed by atoms with Crippen LogP contribution in [0.2, 0.25) is 0 Å². The number of benzene rings is 1. The summed E-state index contributed by atoms with van der Waals surface area (Å²) in [7, 11) is 0. The van der Waals surface area contributed by atoms with E-state index in [1.165, 1.54) is 0 Å². The maximum atomic E-state index is 9.31. The Morgan fingerprint density at radius 3 is 2.43 bits per heavy atom. The lowest BCUT2D eigenvalue weighted by Gasteiger charge is -2.06. The van der Waals surface area contributed by atoms with Crippen LogP contribution in [0.1, 0.15) is 17.2 Å². The van der Waals surface area contributed by atoms with Crippen LogP contribution in [0.4, 0.5) is 0 Å². The lowest BCUT2D eigenvalue weighted by atomic mass is 10.1. The van der Waals surface area contributed by atoms with E-state index in [1.54, 1.807) is 12.1 Å². The Hall–Kier alpha value is -1.16. The molecule has 0 spiro atoms. The van der Waals surface area contributed by atoms with E-state index in [1.807, 2.05) is 24.3 Å². The van der Waals surface area contributed by atoms with Crippen LogP contribution in [-0.4, -0.2) is 23.4 Å². The predicted molar refractivity (Wildman–Crippen MR) is 56.6 cm³/mol. The Balaban J connectivity index is 2.73. The molecule has 3 nitrogen and oxygen atoms in total. The zero-order valence-corrected chi connectivity index (χ0v) is 7.93. The Labute approximate surface area is 83.5 Å². The van der Waals surface area contributed by atoms with Gasteiger partial charge >= 0.3 is 0 Å². The van der Waals surface area contributed by atoms with Gasteiger partial charge in [0.25, 0.3) is 0 Å². The highest BCUT2D eigenvalue weighted by molar-refractivity contribution is 5.49. The fraction of sp³-hybridized carbons (Fsp3) is 0.273. The first-order valence-electron chi connectivity index (χ1n) is 4.53. The Morgan fingerprint density at radius 2 is 1.93 bits per heavy atom. The standard InChI is InChI=1S/C11H15NO2/c12-7-1-2-9-3-5-10(6-4-9)11(14)8-13/h1-6,11,13-14H,7-8,12H2/b2-1+. The maximum absolute atomic E-state index is 9.31. The number of hydrogen-bond donors (Lipinski definition) is 3. The first kappa shape index (κ1) is 10.9. The highest BCUT2D eigenvalue weighted by Gasteiger charge is 2.03. The van der Waals surface area contributed by atoms with Gasteiger partial charge in [-0.1, -0.05) is 36.4 Å². The van der Waals surface area contributed by atoms with Gasteiger partial charge in [-0.25, -0.2) is 0 Å². The second kappa shape index (κ2) is 5.54. The zero-order chi connectivity index (χ0) is 10.4. The molecule has 0 fully saturated rings. The monoisotopic (exact) mass is 193 g/mol. The van der Waals surface area contributed by atoms with Crippen molar-refractivity contribution in [1.82, 2.24) is 0 Å². The lowest BCUT2D eigenvalue weighted by Crippen LogP contribution is -2.01. The van der Waals surface area contributed by atoms with E-state index in [2.05, 4.69) is 0 Å². The number of hydrogen-bond acceptors (Lipinski definition) is 3. The summed E-state index contributed by atoms with van der Waals surface area (Å²) >= 11 is 0. The molecule has 0 radical (unpaired) electrons. The van der Waals surface area contributed by atoms with Gasteiger partial charge in [-0.3, -0.25) is 0 Å². The maximum Gasteiger partial charge on any atom is 0.102 e. The van der Waals surface area contributed by atoms with Gasteiger partial charge in [0.05, 0.1) is 6.61 Å². The van der Waals surface area contributed by atoms with Gasteiger partial charge in [-0.15, -0.1) is 0 Å². The molecule has 0 saturated carbocycles. The van der Waals surface area contributed by atoms with Crippen LogP contribution >= 0.6 is 0 Å². The fourth-order valence-electron chi connectivity index (χ4n) is 1.14. The zero-order valence-electron chi connectivity index (χ0n) is 7.93. The molecular formula is C11H15NO2. The molecule has 0 heterocycles. The summed E-state index contributed by atoms with van der Waals surface area (Å²) in [5.41, 5.74) is 7.07. The molecule has 1 unspecified atom stereocenters. The summed E-state index contributed by atoms with van der Waals surface area (Å²) in [5, 5.41) is 18.0. The molecule has 14 heavy (non-hydrogen) atoms. The van der Waals surface area contributed by atoms with E-state index in [-0.39, 0.29) is 6.61 Å². The van der Waals surface area contributed by atoms with Crippen molar-refractivity contribution in [3.05, 3.63) is 41.5 Å². The van der Waals surface area contributed by atoms with Gasteiger partial charge in [-0.05, 0) is 11.1 Å².